The highest BCUT2D eigenvalue weighted by Gasteiger charge is 2.36. The van der Waals surface area contributed by atoms with E-state index in [1.54, 1.807) is 0 Å². The van der Waals surface area contributed by atoms with E-state index in [0.29, 0.717) is 0 Å². The molecule has 0 radical (unpaired) electrons. The van der Waals surface area contributed by atoms with E-state index in [2.05, 4.69) is 0 Å². The normalized spacial score (nSPS) is 27.6. The zero-order chi connectivity index (χ0) is 10.1. The van der Waals surface area contributed by atoms with Gasteiger partial charge < -0.3 is 5.73 Å². The van der Waals surface area contributed by atoms with Crippen LogP contribution in [0.1, 0.15) is 6.42 Å². The predicted octanol–water partition coefficient (Wildman–Crippen LogP) is -1.45. The van der Waals surface area contributed by atoms with Crippen LogP contribution in [0.25, 0.3) is 0 Å². The van der Waals surface area contributed by atoms with Crippen molar-refractivity contribution in [3.05, 3.63) is 0 Å². The van der Waals surface area contributed by atoms with Crippen molar-refractivity contribution in [2.24, 2.45) is 5.73 Å². The first-order chi connectivity index (χ1) is 5.87. The SMILES string of the molecule is NCCS(=O)(=O)C1CCS(=O)(=O)C1. The standard InChI is InChI=1S/C6H13NO4S2/c7-2-4-13(10,11)6-1-3-12(8,9)5-6/h6H,1-5,7H2. The maximum atomic E-state index is 11.4. The average Bonchev–Trinajstić information content (AvgIpc) is 2.30. The third-order valence-corrected chi connectivity index (χ3v) is 6.30. The molecule has 13 heavy (non-hydrogen) atoms. The van der Waals surface area contributed by atoms with Gasteiger partial charge in [-0.05, 0) is 6.42 Å². The molecule has 0 bridgehead atoms. The summed E-state index contributed by atoms with van der Waals surface area (Å²) < 4.78 is 44.7. The maximum absolute atomic E-state index is 11.4. The molecule has 78 valence electrons. The van der Waals surface area contributed by atoms with Gasteiger partial charge in [-0.25, -0.2) is 16.8 Å². The van der Waals surface area contributed by atoms with Gasteiger partial charge in [0.05, 0.1) is 22.5 Å². The fraction of sp³-hybridized carbons (Fsp3) is 1.00. The molecule has 0 amide bonds. The fourth-order valence-electron chi connectivity index (χ4n) is 1.38. The highest BCUT2D eigenvalue weighted by molar-refractivity contribution is 7.96. The van der Waals surface area contributed by atoms with Gasteiger partial charge in [0, 0.05) is 6.54 Å². The van der Waals surface area contributed by atoms with Crippen molar-refractivity contribution in [3.8, 4) is 0 Å². The Kier molecular flexibility index (Phi) is 2.98. The van der Waals surface area contributed by atoms with Crippen LogP contribution in [-0.4, -0.2) is 45.9 Å². The Labute approximate surface area is 78.1 Å². The Bertz CT molecular complexity index is 369. The van der Waals surface area contributed by atoms with E-state index < -0.39 is 24.9 Å². The lowest BCUT2D eigenvalue weighted by molar-refractivity contribution is 0.582. The molecular weight excluding hydrogens is 214 g/mol. The van der Waals surface area contributed by atoms with Crippen LogP contribution in [-0.2, 0) is 19.7 Å². The molecule has 0 aromatic carbocycles. The minimum Gasteiger partial charge on any atom is -0.329 e. The van der Waals surface area contributed by atoms with Gasteiger partial charge in [-0.15, -0.1) is 0 Å². The van der Waals surface area contributed by atoms with E-state index in [0.717, 1.165) is 0 Å². The summed E-state index contributed by atoms with van der Waals surface area (Å²) >= 11 is 0. The van der Waals surface area contributed by atoms with E-state index in [-0.39, 0.29) is 30.2 Å². The lowest BCUT2D eigenvalue weighted by Crippen LogP contribution is -2.28. The zero-order valence-electron chi connectivity index (χ0n) is 7.14. The molecule has 1 rings (SSSR count). The Morgan fingerprint density at radius 2 is 2.00 bits per heavy atom. The molecule has 5 nitrogen and oxygen atoms in total. The summed E-state index contributed by atoms with van der Waals surface area (Å²) in [4.78, 5) is 0. The maximum Gasteiger partial charge on any atom is 0.155 e. The predicted molar refractivity (Wildman–Crippen MR) is 49.9 cm³/mol. The van der Waals surface area contributed by atoms with E-state index in [4.69, 9.17) is 5.73 Å². The fourth-order valence-corrected chi connectivity index (χ4v) is 5.66. The third-order valence-electron chi connectivity index (χ3n) is 2.10. The second-order valence-corrected chi connectivity index (χ2v) is 7.81. The van der Waals surface area contributed by atoms with Gasteiger partial charge in [0.15, 0.2) is 19.7 Å². The largest absolute Gasteiger partial charge is 0.329 e. The molecule has 1 aliphatic rings. The molecular formula is C6H13NO4S2. The van der Waals surface area contributed by atoms with Crippen LogP contribution in [0, 0.1) is 0 Å². The molecule has 0 spiro atoms. The first kappa shape index (κ1) is 10.9. The van der Waals surface area contributed by atoms with Gasteiger partial charge in [-0.2, -0.15) is 0 Å². The summed E-state index contributed by atoms with van der Waals surface area (Å²) in [5.74, 6) is -0.357. The van der Waals surface area contributed by atoms with Crippen LogP contribution < -0.4 is 5.73 Å². The number of rotatable bonds is 3. The molecule has 1 aliphatic heterocycles. The van der Waals surface area contributed by atoms with Crippen LogP contribution in [0.5, 0.6) is 0 Å². The zero-order valence-corrected chi connectivity index (χ0v) is 8.77. The number of hydrogen-bond donors (Lipinski definition) is 1. The molecule has 0 saturated carbocycles. The molecule has 2 N–H and O–H groups in total. The summed E-state index contributed by atoms with van der Waals surface area (Å²) in [5.41, 5.74) is 5.12. The minimum atomic E-state index is -3.29. The molecule has 1 atom stereocenters. The summed E-state index contributed by atoms with van der Waals surface area (Å²) in [5, 5.41) is -0.721. The molecule has 7 heteroatoms. The summed E-state index contributed by atoms with van der Waals surface area (Å²) in [6.07, 6.45) is 0.227. The number of hydrogen-bond acceptors (Lipinski definition) is 5. The summed E-state index contributed by atoms with van der Waals surface area (Å²) in [6, 6.07) is 0. The first-order valence-electron chi connectivity index (χ1n) is 3.99. The van der Waals surface area contributed by atoms with Gasteiger partial charge >= 0.3 is 0 Å². The van der Waals surface area contributed by atoms with Crippen molar-refractivity contribution in [2.45, 2.75) is 11.7 Å². The van der Waals surface area contributed by atoms with E-state index in [1.807, 2.05) is 0 Å². The van der Waals surface area contributed by atoms with E-state index in [9.17, 15) is 16.8 Å². The van der Waals surface area contributed by atoms with Crippen LogP contribution in [0.15, 0.2) is 0 Å². The van der Waals surface area contributed by atoms with Crippen molar-refractivity contribution in [3.63, 3.8) is 0 Å². The van der Waals surface area contributed by atoms with Crippen molar-refractivity contribution < 1.29 is 16.8 Å². The van der Waals surface area contributed by atoms with Gasteiger partial charge in [-0.1, -0.05) is 0 Å². The number of nitrogens with two attached hydrogens (primary N) is 1. The molecule has 1 fully saturated rings. The van der Waals surface area contributed by atoms with Crippen LogP contribution >= 0.6 is 0 Å². The Morgan fingerprint density at radius 3 is 2.38 bits per heavy atom. The van der Waals surface area contributed by atoms with Gasteiger partial charge in [0.2, 0.25) is 0 Å². The van der Waals surface area contributed by atoms with Crippen molar-refractivity contribution >= 4 is 19.7 Å². The minimum absolute atomic E-state index is 0.0124. The van der Waals surface area contributed by atoms with Gasteiger partial charge in [0.25, 0.3) is 0 Å². The van der Waals surface area contributed by atoms with Crippen LogP contribution in [0.4, 0.5) is 0 Å². The van der Waals surface area contributed by atoms with Crippen molar-refractivity contribution in [2.75, 3.05) is 23.8 Å². The molecule has 0 aromatic rings. The smallest absolute Gasteiger partial charge is 0.155 e. The van der Waals surface area contributed by atoms with E-state index >= 15 is 0 Å². The molecule has 1 heterocycles. The quantitative estimate of drug-likeness (QED) is 0.636. The van der Waals surface area contributed by atoms with Crippen LogP contribution in [0.3, 0.4) is 0 Å². The van der Waals surface area contributed by atoms with Gasteiger partial charge in [0.1, 0.15) is 0 Å². The highest BCUT2D eigenvalue weighted by atomic mass is 32.2. The Balaban J connectivity index is 2.77. The highest BCUT2D eigenvalue weighted by Crippen LogP contribution is 2.19. The molecule has 0 aromatic heterocycles. The monoisotopic (exact) mass is 227 g/mol. The number of sulfone groups is 2. The third kappa shape index (κ3) is 2.65. The van der Waals surface area contributed by atoms with Crippen molar-refractivity contribution in [1.29, 1.82) is 0 Å². The van der Waals surface area contributed by atoms with Gasteiger partial charge in [-0.3, -0.25) is 0 Å². The summed E-state index contributed by atoms with van der Waals surface area (Å²) in [7, 11) is -6.40. The Morgan fingerprint density at radius 1 is 1.38 bits per heavy atom. The van der Waals surface area contributed by atoms with Crippen molar-refractivity contribution in [1.82, 2.24) is 0 Å². The lowest BCUT2D eigenvalue weighted by Gasteiger charge is -2.07. The molecule has 1 unspecified atom stereocenters. The van der Waals surface area contributed by atoms with Crippen LogP contribution in [0.2, 0.25) is 0 Å². The van der Waals surface area contributed by atoms with E-state index in [1.165, 1.54) is 0 Å². The topological polar surface area (TPSA) is 94.3 Å². The average molecular weight is 227 g/mol. The first-order valence-corrected chi connectivity index (χ1v) is 7.53. The Hall–Kier alpha value is -0.140. The lowest BCUT2D eigenvalue weighted by atomic mass is 10.4. The second-order valence-electron chi connectivity index (χ2n) is 3.18. The molecule has 1 saturated heterocycles. The molecule has 0 aliphatic carbocycles. The second kappa shape index (κ2) is 3.55. The summed E-state index contributed by atoms with van der Waals surface area (Å²) in [6.45, 7) is 0.0544.